The van der Waals surface area contributed by atoms with Crippen molar-refractivity contribution >= 4 is 44.1 Å². The third kappa shape index (κ3) is 3.24. The van der Waals surface area contributed by atoms with Gasteiger partial charge in [0.05, 0.1) is 20.8 Å². The normalized spacial score (nSPS) is 10.5. The van der Waals surface area contributed by atoms with E-state index in [1.807, 2.05) is 18.2 Å². The summed E-state index contributed by atoms with van der Waals surface area (Å²) in [6.07, 6.45) is 0. The van der Waals surface area contributed by atoms with E-state index in [1.165, 1.54) is 11.3 Å². The molecule has 0 saturated heterocycles. The van der Waals surface area contributed by atoms with E-state index in [0.717, 1.165) is 28.4 Å². The standard InChI is InChI=1S/C14H9FN4O3S/c15-9-6-5-8(19(21)22)7-11(9)16-13(20)18-14-17-10-3-1-2-4-12(10)23-14/h1-7H,(H2,16,17,18,20). The van der Waals surface area contributed by atoms with Crippen LogP contribution in [-0.4, -0.2) is 15.9 Å². The van der Waals surface area contributed by atoms with Crippen LogP contribution in [0.15, 0.2) is 42.5 Å². The highest BCUT2D eigenvalue weighted by molar-refractivity contribution is 7.22. The molecule has 0 aliphatic rings. The predicted molar refractivity (Wildman–Crippen MR) is 85.3 cm³/mol. The maximum Gasteiger partial charge on any atom is 0.325 e. The van der Waals surface area contributed by atoms with Crippen LogP contribution < -0.4 is 10.6 Å². The van der Waals surface area contributed by atoms with E-state index in [0.29, 0.717) is 5.13 Å². The summed E-state index contributed by atoms with van der Waals surface area (Å²) >= 11 is 1.26. The molecule has 0 radical (unpaired) electrons. The smallest absolute Gasteiger partial charge is 0.305 e. The first-order chi connectivity index (χ1) is 11.0. The van der Waals surface area contributed by atoms with Crippen molar-refractivity contribution in [2.24, 2.45) is 0 Å². The second-order valence-corrected chi connectivity index (χ2v) is 5.52. The van der Waals surface area contributed by atoms with Gasteiger partial charge in [-0.3, -0.25) is 15.4 Å². The Morgan fingerprint density at radius 2 is 2.00 bits per heavy atom. The second-order valence-electron chi connectivity index (χ2n) is 4.49. The first-order valence-corrected chi connectivity index (χ1v) is 7.22. The maximum atomic E-state index is 13.6. The number of amides is 2. The molecule has 0 unspecified atom stereocenters. The lowest BCUT2D eigenvalue weighted by Gasteiger charge is -2.06. The van der Waals surface area contributed by atoms with Crippen molar-refractivity contribution in [1.82, 2.24) is 4.98 Å². The van der Waals surface area contributed by atoms with Gasteiger partial charge in [-0.15, -0.1) is 0 Å². The topological polar surface area (TPSA) is 97.2 Å². The highest BCUT2D eigenvalue weighted by atomic mass is 32.1. The molecule has 1 aromatic heterocycles. The first-order valence-electron chi connectivity index (χ1n) is 6.40. The number of para-hydroxylation sites is 1. The first kappa shape index (κ1) is 14.9. The van der Waals surface area contributed by atoms with Crippen LogP contribution in [0.25, 0.3) is 10.2 Å². The predicted octanol–water partition coefficient (Wildman–Crippen LogP) is 3.99. The molecule has 0 aliphatic heterocycles. The fourth-order valence-corrected chi connectivity index (χ4v) is 2.76. The lowest BCUT2D eigenvalue weighted by atomic mass is 10.2. The lowest BCUT2D eigenvalue weighted by Crippen LogP contribution is -2.20. The van der Waals surface area contributed by atoms with Crippen molar-refractivity contribution in [1.29, 1.82) is 0 Å². The summed E-state index contributed by atoms with van der Waals surface area (Å²) in [6.45, 7) is 0. The molecule has 0 fully saturated rings. The molecular weight excluding hydrogens is 323 g/mol. The number of anilines is 2. The number of benzene rings is 2. The van der Waals surface area contributed by atoms with Gasteiger partial charge in [0.25, 0.3) is 5.69 Å². The van der Waals surface area contributed by atoms with E-state index in [9.17, 15) is 19.3 Å². The molecule has 0 aliphatic carbocycles. The number of fused-ring (bicyclic) bond motifs is 1. The van der Waals surface area contributed by atoms with Gasteiger partial charge in [0.2, 0.25) is 0 Å². The van der Waals surface area contributed by atoms with E-state index in [-0.39, 0.29) is 11.4 Å². The van der Waals surface area contributed by atoms with Gasteiger partial charge < -0.3 is 5.32 Å². The number of rotatable bonds is 3. The molecule has 2 amide bonds. The Hall–Kier alpha value is -3.07. The van der Waals surface area contributed by atoms with Crippen molar-refractivity contribution in [3.63, 3.8) is 0 Å². The quantitative estimate of drug-likeness (QED) is 0.560. The zero-order valence-electron chi connectivity index (χ0n) is 11.4. The zero-order valence-corrected chi connectivity index (χ0v) is 12.3. The summed E-state index contributed by atoms with van der Waals surface area (Å²) in [5, 5.41) is 15.7. The van der Waals surface area contributed by atoms with E-state index in [2.05, 4.69) is 15.6 Å². The zero-order chi connectivity index (χ0) is 16.4. The Bertz CT molecular complexity index is 879. The van der Waals surface area contributed by atoms with Crippen molar-refractivity contribution < 1.29 is 14.1 Å². The molecule has 3 rings (SSSR count). The summed E-state index contributed by atoms with van der Waals surface area (Å²) in [5.74, 6) is -0.768. The molecule has 2 aromatic carbocycles. The van der Waals surface area contributed by atoms with Crippen LogP contribution in [-0.2, 0) is 0 Å². The third-order valence-corrected chi connectivity index (χ3v) is 3.88. The molecule has 1 heterocycles. The SMILES string of the molecule is O=C(Nc1nc2ccccc2s1)Nc1cc([N+](=O)[O-])ccc1F. The van der Waals surface area contributed by atoms with Gasteiger partial charge in [-0.2, -0.15) is 0 Å². The molecule has 0 saturated carbocycles. The number of nitrogens with one attached hydrogen (secondary N) is 2. The monoisotopic (exact) mass is 332 g/mol. The minimum absolute atomic E-state index is 0.280. The van der Waals surface area contributed by atoms with Crippen LogP contribution in [0.2, 0.25) is 0 Å². The van der Waals surface area contributed by atoms with Crippen LogP contribution in [0.5, 0.6) is 0 Å². The molecule has 3 aromatic rings. The van der Waals surface area contributed by atoms with Crippen molar-refractivity contribution in [2.45, 2.75) is 0 Å². The highest BCUT2D eigenvalue weighted by Crippen LogP contribution is 2.26. The Morgan fingerprint density at radius 3 is 2.74 bits per heavy atom. The fraction of sp³-hybridized carbons (Fsp3) is 0. The van der Waals surface area contributed by atoms with Crippen LogP contribution in [0, 0.1) is 15.9 Å². The highest BCUT2D eigenvalue weighted by Gasteiger charge is 2.14. The Labute approximate surface area is 132 Å². The number of nitro benzene ring substituents is 1. The number of hydrogen-bond acceptors (Lipinski definition) is 5. The molecule has 0 bridgehead atoms. The largest absolute Gasteiger partial charge is 0.325 e. The average molecular weight is 332 g/mol. The second kappa shape index (κ2) is 5.97. The van der Waals surface area contributed by atoms with Gasteiger partial charge in [-0.1, -0.05) is 23.5 Å². The lowest BCUT2D eigenvalue weighted by molar-refractivity contribution is -0.384. The number of thiazole rings is 1. The molecule has 2 N–H and O–H groups in total. The average Bonchev–Trinajstić information content (AvgIpc) is 2.91. The summed E-state index contributed by atoms with van der Waals surface area (Å²) < 4.78 is 14.5. The van der Waals surface area contributed by atoms with Gasteiger partial charge >= 0.3 is 6.03 Å². The molecular formula is C14H9FN4O3S. The van der Waals surface area contributed by atoms with E-state index in [4.69, 9.17) is 0 Å². The number of aromatic nitrogens is 1. The number of carbonyl (C=O) groups is 1. The van der Waals surface area contributed by atoms with Crippen LogP contribution in [0.1, 0.15) is 0 Å². The molecule has 0 atom stereocenters. The summed E-state index contributed by atoms with van der Waals surface area (Å²) in [4.78, 5) is 26.1. The van der Waals surface area contributed by atoms with Crippen molar-refractivity contribution in [3.05, 3.63) is 58.4 Å². The van der Waals surface area contributed by atoms with Gasteiger partial charge in [-0.25, -0.2) is 14.2 Å². The summed E-state index contributed by atoms with van der Waals surface area (Å²) in [5.41, 5.74) is 0.133. The number of halogens is 1. The minimum Gasteiger partial charge on any atom is -0.305 e. The van der Waals surface area contributed by atoms with Gasteiger partial charge in [0.15, 0.2) is 5.13 Å². The van der Waals surface area contributed by atoms with Gasteiger partial charge in [-0.05, 0) is 18.2 Å². The Balaban J connectivity index is 1.76. The maximum absolute atomic E-state index is 13.6. The van der Waals surface area contributed by atoms with E-state index in [1.54, 1.807) is 6.07 Å². The van der Waals surface area contributed by atoms with E-state index < -0.39 is 16.8 Å². The number of nitro groups is 1. The molecule has 0 spiro atoms. The fourth-order valence-electron chi connectivity index (χ4n) is 1.90. The Kier molecular flexibility index (Phi) is 3.85. The molecule has 23 heavy (non-hydrogen) atoms. The number of urea groups is 1. The van der Waals surface area contributed by atoms with Crippen LogP contribution in [0.3, 0.4) is 0 Å². The number of nitrogens with zero attached hydrogens (tertiary/aromatic N) is 2. The molecule has 116 valence electrons. The summed E-state index contributed by atoms with van der Waals surface area (Å²) in [7, 11) is 0. The van der Waals surface area contributed by atoms with Gasteiger partial charge in [0.1, 0.15) is 5.82 Å². The molecule has 9 heteroatoms. The Morgan fingerprint density at radius 1 is 1.22 bits per heavy atom. The van der Waals surface area contributed by atoms with Crippen molar-refractivity contribution in [2.75, 3.05) is 10.6 Å². The van der Waals surface area contributed by atoms with Crippen LogP contribution in [0.4, 0.5) is 25.7 Å². The minimum atomic E-state index is -0.768. The van der Waals surface area contributed by atoms with Crippen molar-refractivity contribution in [3.8, 4) is 0 Å². The number of hydrogen-bond donors (Lipinski definition) is 2. The number of non-ortho nitro benzene ring substituents is 1. The van der Waals surface area contributed by atoms with Gasteiger partial charge in [0, 0.05) is 12.1 Å². The summed E-state index contributed by atoms with van der Waals surface area (Å²) in [6, 6.07) is 9.49. The molecule has 7 nitrogen and oxygen atoms in total. The van der Waals surface area contributed by atoms with E-state index >= 15 is 0 Å². The third-order valence-electron chi connectivity index (χ3n) is 2.92. The van der Waals surface area contributed by atoms with Crippen LogP contribution >= 0.6 is 11.3 Å². The number of carbonyl (C=O) groups excluding carboxylic acids is 1.